The van der Waals surface area contributed by atoms with Crippen molar-refractivity contribution in [3.63, 3.8) is 0 Å². The van der Waals surface area contributed by atoms with E-state index in [0.29, 0.717) is 0 Å². The average molecular weight is 322 g/mol. The normalized spacial score (nSPS) is 10.7. The molecule has 0 aliphatic rings. The fourth-order valence-corrected chi connectivity index (χ4v) is 2.29. The summed E-state index contributed by atoms with van der Waals surface area (Å²) < 4.78 is 13.9. The first kappa shape index (κ1) is 14.2. The summed E-state index contributed by atoms with van der Waals surface area (Å²) >= 11 is 3.54. The minimum Gasteiger partial charge on any atom is -0.312 e. The van der Waals surface area contributed by atoms with Gasteiger partial charge in [0, 0.05) is 11.0 Å². The molecule has 0 bridgehead atoms. The van der Waals surface area contributed by atoms with Crippen molar-refractivity contribution in [1.82, 2.24) is 5.32 Å². The molecule has 0 saturated carbocycles. The van der Waals surface area contributed by atoms with Crippen molar-refractivity contribution in [1.29, 1.82) is 0 Å². The van der Waals surface area contributed by atoms with Crippen LogP contribution in [0.3, 0.4) is 0 Å². The molecule has 1 nitrogen and oxygen atoms in total. The first-order chi connectivity index (χ1) is 9.15. The van der Waals surface area contributed by atoms with Crippen LogP contribution < -0.4 is 5.32 Å². The SMILES string of the molecule is Cc1ccc(CNCCc2ccc(F)cc2)cc1Br. The lowest BCUT2D eigenvalue weighted by atomic mass is 10.1. The van der Waals surface area contributed by atoms with Crippen LogP contribution in [0.4, 0.5) is 4.39 Å². The van der Waals surface area contributed by atoms with Crippen LogP contribution in [-0.4, -0.2) is 6.54 Å². The highest BCUT2D eigenvalue weighted by Gasteiger charge is 1.98. The van der Waals surface area contributed by atoms with Gasteiger partial charge in [-0.1, -0.05) is 40.2 Å². The Morgan fingerprint density at radius 3 is 2.42 bits per heavy atom. The fourth-order valence-electron chi connectivity index (χ4n) is 1.86. The lowest BCUT2D eigenvalue weighted by molar-refractivity contribution is 0.626. The maximum atomic E-state index is 12.7. The maximum absolute atomic E-state index is 12.7. The van der Waals surface area contributed by atoms with Gasteiger partial charge in [-0.2, -0.15) is 0 Å². The van der Waals surface area contributed by atoms with E-state index in [2.05, 4.69) is 46.4 Å². The molecule has 0 unspecified atom stereocenters. The van der Waals surface area contributed by atoms with Gasteiger partial charge in [0.15, 0.2) is 0 Å². The van der Waals surface area contributed by atoms with Crippen LogP contribution in [0.25, 0.3) is 0 Å². The van der Waals surface area contributed by atoms with Gasteiger partial charge in [-0.15, -0.1) is 0 Å². The van der Waals surface area contributed by atoms with E-state index in [1.807, 2.05) is 12.1 Å². The lowest BCUT2D eigenvalue weighted by Crippen LogP contribution is -2.16. The highest BCUT2D eigenvalue weighted by atomic mass is 79.9. The Kier molecular flexibility index (Phi) is 5.11. The Labute approximate surface area is 122 Å². The molecule has 0 aliphatic carbocycles. The predicted molar refractivity (Wildman–Crippen MR) is 80.7 cm³/mol. The van der Waals surface area contributed by atoms with Gasteiger partial charge in [0.25, 0.3) is 0 Å². The standard InChI is InChI=1S/C16H17BrFN/c1-12-2-3-14(10-16(12)17)11-19-9-8-13-4-6-15(18)7-5-13/h2-7,10,19H,8-9,11H2,1H3. The van der Waals surface area contributed by atoms with E-state index in [-0.39, 0.29) is 5.82 Å². The van der Waals surface area contributed by atoms with E-state index in [4.69, 9.17) is 0 Å². The molecule has 0 aliphatic heterocycles. The molecule has 3 heteroatoms. The first-order valence-corrected chi connectivity index (χ1v) is 7.14. The van der Waals surface area contributed by atoms with Crippen molar-refractivity contribution in [3.8, 4) is 0 Å². The molecule has 1 N–H and O–H groups in total. The molecular weight excluding hydrogens is 305 g/mol. The third kappa shape index (κ3) is 4.44. The molecule has 0 fully saturated rings. The second kappa shape index (κ2) is 6.83. The number of benzene rings is 2. The van der Waals surface area contributed by atoms with Gasteiger partial charge in [0.1, 0.15) is 5.82 Å². The number of hydrogen-bond donors (Lipinski definition) is 1. The summed E-state index contributed by atoms with van der Waals surface area (Å²) in [7, 11) is 0. The van der Waals surface area contributed by atoms with Crippen molar-refractivity contribution < 1.29 is 4.39 Å². The predicted octanol–water partition coefficient (Wildman–Crippen LogP) is 4.23. The van der Waals surface area contributed by atoms with Gasteiger partial charge in [-0.25, -0.2) is 4.39 Å². The Balaban J connectivity index is 1.77. The zero-order valence-corrected chi connectivity index (χ0v) is 12.5. The summed E-state index contributed by atoms with van der Waals surface area (Å²) in [6, 6.07) is 13.1. The van der Waals surface area contributed by atoms with E-state index in [9.17, 15) is 4.39 Å². The molecule has 0 atom stereocenters. The van der Waals surface area contributed by atoms with Crippen LogP contribution in [0.2, 0.25) is 0 Å². The zero-order chi connectivity index (χ0) is 13.7. The monoisotopic (exact) mass is 321 g/mol. The summed E-state index contributed by atoms with van der Waals surface area (Å²) in [6.45, 7) is 3.81. The second-order valence-electron chi connectivity index (χ2n) is 4.64. The second-order valence-corrected chi connectivity index (χ2v) is 5.49. The molecule has 0 saturated heterocycles. The van der Waals surface area contributed by atoms with Crippen LogP contribution in [-0.2, 0) is 13.0 Å². The molecule has 0 aromatic heterocycles. The molecule has 0 amide bonds. The third-order valence-corrected chi connectivity index (χ3v) is 3.92. The summed E-state index contributed by atoms with van der Waals surface area (Å²) in [5.41, 5.74) is 3.66. The van der Waals surface area contributed by atoms with Crippen molar-refractivity contribution in [3.05, 3.63) is 69.4 Å². The lowest BCUT2D eigenvalue weighted by Gasteiger charge is -2.07. The van der Waals surface area contributed by atoms with Gasteiger partial charge in [-0.3, -0.25) is 0 Å². The van der Waals surface area contributed by atoms with Crippen molar-refractivity contribution >= 4 is 15.9 Å². The third-order valence-electron chi connectivity index (χ3n) is 3.07. The zero-order valence-electron chi connectivity index (χ0n) is 10.9. The van der Waals surface area contributed by atoms with Crippen LogP contribution in [0, 0.1) is 12.7 Å². The van der Waals surface area contributed by atoms with Crippen molar-refractivity contribution in [2.24, 2.45) is 0 Å². The molecule has 2 aromatic rings. The Morgan fingerprint density at radius 1 is 1.05 bits per heavy atom. The summed E-state index contributed by atoms with van der Waals surface area (Å²) in [6.07, 6.45) is 0.910. The smallest absolute Gasteiger partial charge is 0.123 e. The fraction of sp³-hybridized carbons (Fsp3) is 0.250. The highest BCUT2D eigenvalue weighted by molar-refractivity contribution is 9.10. The molecule has 2 aromatic carbocycles. The topological polar surface area (TPSA) is 12.0 Å². The molecular formula is C16H17BrFN. The number of halogens is 2. The summed E-state index contributed by atoms with van der Waals surface area (Å²) in [5, 5.41) is 3.40. The number of nitrogens with one attached hydrogen (secondary N) is 1. The summed E-state index contributed by atoms with van der Waals surface area (Å²) in [5.74, 6) is -0.179. The van der Waals surface area contributed by atoms with Gasteiger partial charge in [0.05, 0.1) is 0 Å². The first-order valence-electron chi connectivity index (χ1n) is 6.35. The minimum absolute atomic E-state index is 0.179. The minimum atomic E-state index is -0.179. The van der Waals surface area contributed by atoms with Crippen LogP contribution in [0.5, 0.6) is 0 Å². The molecule has 2 rings (SSSR count). The summed E-state index contributed by atoms with van der Waals surface area (Å²) in [4.78, 5) is 0. The Hall–Kier alpha value is -1.19. The number of rotatable bonds is 5. The molecule has 0 heterocycles. The van der Waals surface area contributed by atoms with Gasteiger partial charge < -0.3 is 5.32 Å². The van der Waals surface area contributed by atoms with Crippen LogP contribution >= 0.6 is 15.9 Å². The van der Waals surface area contributed by atoms with Gasteiger partial charge in [-0.05, 0) is 54.8 Å². The van der Waals surface area contributed by atoms with E-state index in [0.717, 1.165) is 29.5 Å². The largest absolute Gasteiger partial charge is 0.312 e. The van der Waals surface area contributed by atoms with E-state index in [1.54, 1.807) is 0 Å². The average Bonchev–Trinajstić information content (AvgIpc) is 2.41. The molecule has 0 radical (unpaired) electrons. The molecule has 0 spiro atoms. The molecule has 19 heavy (non-hydrogen) atoms. The number of aryl methyl sites for hydroxylation is 1. The van der Waals surface area contributed by atoms with Gasteiger partial charge in [0.2, 0.25) is 0 Å². The number of hydrogen-bond acceptors (Lipinski definition) is 1. The van der Waals surface area contributed by atoms with E-state index < -0.39 is 0 Å². The maximum Gasteiger partial charge on any atom is 0.123 e. The van der Waals surface area contributed by atoms with E-state index >= 15 is 0 Å². The van der Waals surface area contributed by atoms with Crippen molar-refractivity contribution in [2.45, 2.75) is 19.9 Å². The van der Waals surface area contributed by atoms with Crippen LogP contribution in [0.1, 0.15) is 16.7 Å². The Bertz CT molecular complexity index is 537. The quantitative estimate of drug-likeness (QED) is 0.813. The molecule has 100 valence electrons. The van der Waals surface area contributed by atoms with Crippen LogP contribution in [0.15, 0.2) is 46.9 Å². The highest BCUT2D eigenvalue weighted by Crippen LogP contribution is 2.17. The van der Waals surface area contributed by atoms with E-state index in [1.165, 1.54) is 23.3 Å². The van der Waals surface area contributed by atoms with Gasteiger partial charge >= 0.3 is 0 Å². The Morgan fingerprint density at radius 2 is 1.74 bits per heavy atom. The van der Waals surface area contributed by atoms with Crippen molar-refractivity contribution in [2.75, 3.05) is 6.54 Å².